The summed E-state index contributed by atoms with van der Waals surface area (Å²) in [6.07, 6.45) is 0.829. The van der Waals surface area contributed by atoms with Gasteiger partial charge in [-0.3, -0.25) is 4.79 Å². The van der Waals surface area contributed by atoms with Gasteiger partial charge >= 0.3 is 0 Å². The Kier molecular flexibility index (Phi) is 5.96. The molecule has 0 spiro atoms. The molecule has 112 valence electrons. The average Bonchev–Trinajstić information content (AvgIpc) is 3.05. The van der Waals surface area contributed by atoms with Gasteiger partial charge in [0.25, 0.3) is 0 Å². The fourth-order valence-electron chi connectivity index (χ4n) is 2.29. The molecule has 1 aromatic carbocycles. The largest absolute Gasteiger partial charge is 0.338 e. The summed E-state index contributed by atoms with van der Waals surface area (Å²) in [5.74, 6) is 0.0845. The van der Waals surface area contributed by atoms with E-state index in [9.17, 15) is 4.79 Å². The van der Waals surface area contributed by atoms with Gasteiger partial charge in [0.1, 0.15) is 0 Å². The molecule has 1 heterocycles. The van der Waals surface area contributed by atoms with Gasteiger partial charge in [-0.05, 0) is 36.9 Å². The molecule has 0 fully saturated rings. The van der Waals surface area contributed by atoms with Gasteiger partial charge in [0, 0.05) is 18.0 Å². The first-order valence-corrected chi connectivity index (χ1v) is 8.16. The van der Waals surface area contributed by atoms with Crippen molar-refractivity contribution in [3.8, 4) is 0 Å². The Morgan fingerprint density at radius 3 is 2.62 bits per heavy atom. The van der Waals surface area contributed by atoms with Crippen molar-refractivity contribution in [2.24, 2.45) is 5.73 Å². The van der Waals surface area contributed by atoms with Gasteiger partial charge in [-0.25, -0.2) is 0 Å². The van der Waals surface area contributed by atoms with Gasteiger partial charge in [-0.15, -0.1) is 11.3 Å². The Labute approximate surface area is 130 Å². The third kappa shape index (κ3) is 4.41. The molecule has 1 aromatic heterocycles. The summed E-state index contributed by atoms with van der Waals surface area (Å²) in [5.41, 5.74) is 6.76. The van der Waals surface area contributed by atoms with Gasteiger partial charge in [-0.1, -0.05) is 36.4 Å². The molecular formula is C17H22N2OS. The lowest BCUT2D eigenvalue weighted by atomic mass is 10.1. The van der Waals surface area contributed by atoms with Crippen LogP contribution in [0.2, 0.25) is 0 Å². The maximum atomic E-state index is 12.7. The molecule has 0 bridgehead atoms. The highest BCUT2D eigenvalue weighted by Gasteiger charge is 2.22. The molecule has 0 saturated carbocycles. The van der Waals surface area contributed by atoms with Crippen LogP contribution in [-0.4, -0.2) is 23.9 Å². The van der Waals surface area contributed by atoms with Crippen molar-refractivity contribution in [2.45, 2.75) is 25.8 Å². The Hall–Kier alpha value is -1.65. The number of nitrogens with zero attached hydrogens (tertiary/aromatic N) is 1. The molecule has 1 unspecified atom stereocenters. The fraction of sp³-hybridized carbons (Fsp3) is 0.353. The van der Waals surface area contributed by atoms with E-state index in [4.69, 9.17) is 5.73 Å². The van der Waals surface area contributed by atoms with Crippen LogP contribution in [0.4, 0.5) is 0 Å². The molecular weight excluding hydrogens is 280 g/mol. The zero-order chi connectivity index (χ0) is 15.1. The minimum Gasteiger partial charge on any atom is -0.338 e. The van der Waals surface area contributed by atoms with Crippen molar-refractivity contribution >= 4 is 17.2 Å². The van der Waals surface area contributed by atoms with Crippen LogP contribution in [0.1, 0.15) is 29.7 Å². The van der Waals surface area contributed by atoms with E-state index < -0.39 is 0 Å². The summed E-state index contributed by atoms with van der Waals surface area (Å²) in [7, 11) is 0. The average molecular weight is 302 g/mol. The number of nitrogens with two attached hydrogens (primary N) is 1. The van der Waals surface area contributed by atoms with Crippen molar-refractivity contribution in [3.05, 3.63) is 58.3 Å². The number of hydrogen-bond donors (Lipinski definition) is 1. The van der Waals surface area contributed by atoms with Crippen LogP contribution < -0.4 is 5.73 Å². The number of amides is 1. The Morgan fingerprint density at radius 1 is 1.24 bits per heavy atom. The molecule has 4 heteroatoms. The normalized spacial score (nSPS) is 12.1. The lowest BCUT2D eigenvalue weighted by Gasteiger charge is -2.25. The highest BCUT2D eigenvalue weighted by molar-refractivity contribution is 7.10. The molecule has 2 aromatic rings. The van der Waals surface area contributed by atoms with E-state index in [1.165, 1.54) is 0 Å². The van der Waals surface area contributed by atoms with E-state index in [1.54, 1.807) is 11.3 Å². The van der Waals surface area contributed by atoms with Crippen molar-refractivity contribution in [1.29, 1.82) is 0 Å². The summed E-state index contributed by atoms with van der Waals surface area (Å²) in [6, 6.07) is 14.1. The van der Waals surface area contributed by atoms with Crippen LogP contribution in [0.15, 0.2) is 47.8 Å². The van der Waals surface area contributed by atoms with E-state index in [-0.39, 0.29) is 11.8 Å². The van der Waals surface area contributed by atoms with Crippen LogP contribution in [0.5, 0.6) is 0 Å². The first-order chi connectivity index (χ1) is 10.2. The predicted molar refractivity (Wildman–Crippen MR) is 88.3 cm³/mol. The third-order valence-corrected chi connectivity index (χ3v) is 4.56. The second-order valence-electron chi connectivity index (χ2n) is 5.12. The zero-order valence-electron chi connectivity index (χ0n) is 12.4. The molecule has 1 amide bonds. The van der Waals surface area contributed by atoms with Crippen LogP contribution in [0.25, 0.3) is 0 Å². The quantitative estimate of drug-likeness (QED) is 0.853. The summed E-state index contributed by atoms with van der Waals surface area (Å²) < 4.78 is 0. The van der Waals surface area contributed by atoms with Gasteiger partial charge < -0.3 is 10.6 Å². The van der Waals surface area contributed by atoms with Crippen molar-refractivity contribution in [2.75, 3.05) is 13.1 Å². The summed E-state index contributed by atoms with van der Waals surface area (Å²) in [5, 5.41) is 2.01. The Morgan fingerprint density at radius 2 is 2.00 bits per heavy atom. The van der Waals surface area contributed by atoms with Gasteiger partial charge in [0.05, 0.1) is 5.92 Å². The first kappa shape index (κ1) is 15.7. The van der Waals surface area contributed by atoms with Crippen molar-refractivity contribution in [3.63, 3.8) is 0 Å². The minimum atomic E-state index is -0.0912. The van der Waals surface area contributed by atoms with Crippen molar-refractivity contribution in [1.82, 2.24) is 4.90 Å². The number of carbonyl (C=O) groups is 1. The van der Waals surface area contributed by atoms with Crippen LogP contribution >= 0.6 is 11.3 Å². The molecule has 21 heavy (non-hydrogen) atoms. The zero-order valence-corrected chi connectivity index (χ0v) is 13.2. The highest BCUT2D eigenvalue weighted by atomic mass is 32.1. The second-order valence-corrected chi connectivity index (χ2v) is 6.10. The van der Waals surface area contributed by atoms with E-state index >= 15 is 0 Å². The highest BCUT2D eigenvalue weighted by Crippen LogP contribution is 2.23. The third-order valence-electron chi connectivity index (χ3n) is 3.50. The number of rotatable bonds is 7. The van der Waals surface area contributed by atoms with Gasteiger partial charge in [0.2, 0.25) is 5.91 Å². The van der Waals surface area contributed by atoms with E-state index in [0.717, 1.165) is 16.9 Å². The molecule has 3 nitrogen and oxygen atoms in total. The van der Waals surface area contributed by atoms with Gasteiger partial charge in [-0.2, -0.15) is 0 Å². The Bertz CT molecular complexity index is 539. The molecule has 2 rings (SSSR count). The standard InChI is InChI=1S/C17H22N2OS/c1-14(16-9-5-12-21-16)17(20)19(11-6-10-18)13-15-7-3-2-4-8-15/h2-5,7-9,12,14H,6,10-11,13,18H2,1H3. The summed E-state index contributed by atoms with van der Waals surface area (Å²) in [6.45, 7) is 3.94. The number of carbonyl (C=O) groups excluding carboxylic acids is 1. The van der Waals surface area contributed by atoms with E-state index in [1.807, 2.05) is 47.5 Å². The minimum absolute atomic E-state index is 0.0912. The van der Waals surface area contributed by atoms with E-state index in [2.05, 4.69) is 12.1 Å². The van der Waals surface area contributed by atoms with Crippen LogP contribution in [0, 0.1) is 0 Å². The van der Waals surface area contributed by atoms with Gasteiger partial charge in [0.15, 0.2) is 0 Å². The number of hydrogen-bond acceptors (Lipinski definition) is 3. The molecule has 2 N–H and O–H groups in total. The Balaban J connectivity index is 2.09. The molecule has 0 aliphatic carbocycles. The van der Waals surface area contributed by atoms with Crippen LogP contribution in [0.3, 0.4) is 0 Å². The molecule has 0 radical (unpaired) electrons. The fourth-order valence-corrected chi connectivity index (χ4v) is 3.06. The molecule has 0 saturated heterocycles. The SMILES string of the molecule is CC(C(=O)N(CCCN)Cc1ccccc1)c1cccs1. The summed E-state index contributed by atoms with van der Waals surface area (Å²) in [4.78, 5) is 15.8. The van der Waals surface area contributed by atoms with Crippen LogP contribution in [-0.2, 0) is 11.3 Å². The monoisotopic (exact) mass is 302 g/mol. The molecule has 0 aliphatic rings. The topological polar surface area (TPSA) is 46.3 Å². The van der Waals surface area contributed by atoms with Crippen molar-refractivity contribution < 1.29 is 4.79 Å². The lowest BCUT2D eigenvalue weighted by Crippen LogP contribution is -2.35. The van der Waals surface area contributed by atoms with E-state index in [0.29, 0.717) is 19.6 Å². The first-order valence-electron chi connectivity index (χ1n) is 7.28. The molecule has 0 aliphatic heterocycles. The summed E-state index contributed by atoms with van der Waals surface area (Å²) >= 11 is 1.63. The smallest absolute Gasteiger partial charge is 0.230 e. The maximum absolute atomic E-state index is 12.7. The second kappa shape index (κ2) is 7.96. The number of thiophene rings is 1. The predicted octanol–water partition coefficient (Wildman–Crippen LogP) is 3.23. The maximum Gasteiger partial charge on any atom is 0.230 e. The number of benzene rings is 1. The molecule has 1 atom stereocenters. The lowest BCUT2D eigenvalue weighted by molar-refractivity contribution is -0.133.